The van der Waals surface area contributed by atoms with Gasteiger partial charge in [0.2, 0.25) is 11.8 Å². The van der Waals surface area contributed by atoms with Crippen molar-refractivity contribution in [1.82, 2.24) is 15.5 Å². The van der Waals surface area contributed by atoms with E-state index in [2.05, 4.69) is 10.6 Å². The van der Waals surface area contributed by atoms with Crippen LogP contribution in [0.15, 0.2) is 11.8 Å². The van der Waals surface area contributed by atoms with Gasteiger partial charge in [0.1, 0.15) is 11.7 Å². The Labute approximate surface area is 106 Å². The second kappa shape index (κ2) is 6.18. The zero-order valence-corrected chi connectivity index (χ0v) is 10.9. The van der Waals surface area contributed by atoms with Gasteiger partial charge in [-0.25, -0.2) is 0 Å². The zero-order valence-electron chi connectivity index (χ0n) is 10.9. The van der Waals surface area contributed by atoms with Crippen LogP contribution in [0.5, 0.6) is 0 Å². The highest BCUT2D eigenvalue weighted by Crippen LogP contribution is 2.17. The molecule has 100 valence electrons. The van der Waals surface area contributed by atoms with Crippen LogP contribution >= 0.6 is 0 Å². The Kier molecular flexibility index (Phi) is 4.88. The lowest BCUT2D eigenvalue weighted by Gasteiger charge is -2.22. The summed E-state index contributed by atoms with van der Waals surface area (Å²) in [5, 5.41) is 5.00. The lowest BCUT2D eigenvalue weighted by Crippen LogP contribution is -2.46. The molecule has 0 spiro atoms. The fourth-order valence-corrected chi connectivity index (χ4v) is 2.03. The summed E-state index contributed by atoms with van der Waals surface area (Å²) in [5.74, 6) is -0.771. The Hall–Kier alpha value is -1.85. The molecule has 6 nitrogen and oxygen atoms in total. The third-order valence-electron chi connectivity index (χ3n) is 2.98. The number of allylic oxidation sites excluding steroid dienone is 1. The highest BCUT2D eigenvalue weighted by molar-refractivity contribution is 5.99. The summed E-state index contributed by atoms with van der Waals surface area (Å²) in [6.45, 7) is 3.71. The Bertz CT molecular complexity index is 390. The molecule has 1 aliphatic heterocycles. The largest absolute Gasteiger partial charge is 0.354 e. The van der Waals surface area contributed by atoms with E-state index >= 15 is 0 Å². The van der Waals surface area contributed by atoms with Crippen LogP contribution in [0, 0.1) is 0 Å². The second-order valence-electron chi connectivity index (χ2n) is 4.14. The minimum absolute atomic E-state index is 0.116. The maximum absolute atomic E-state index is 12.0. The molecule has 3 amide bonds. The topological polar surface area (TPSA) is 78.5 Å². The van der Waals surface area contributed by atoms with Crippen molar-refractivity contribution in [3.8, 4) is 0 Å². The summed E-state index contributed by atoms with van der Waals surface area (Å²) >= 11 is 0. The molecule has 1 heterocycles. The van der Waals surface area contributed by atoms with Gasteiger partial charge in [0.15, 0.2) is 0 Å². The Morgan fingerprint density at radius 1 is 1.33 bits per heavy atom. The van der Waals surface area contributed by atoms with Crippen LogP contribution in [0.4, 0.5) is 0 Å². The molecule has 0 radical (unpaired) electrons. The number of carbonyl (C=O) groups is 3. The van der Waals surface area contributed by atoms with Crippen molar-refractivity contribution < 1.29 is 14.4 Å². The number of nitrogens with one attached hydrogen (secondary N) is 2. The molecule has 1 saturated heterocycles. The molecule has 0 bridgehead atoms. The first-order chi connectivity index (χ1) is 8.51. The van der Waals surface area contributed by atoms with Gasteiger partial charge >= 0.3 is 0 Å². The highest BCUT2D eigenvalue weighted by atomic mass is 16.2. The first kappa shape index (κ1) is 14.2. The number of likely N-dealkylation sites (tertiary alicyclic amines) is 1. The molecular formula is C12H19N3O3. The van der Waals surface area contributed by atoms with Crippen LogP contribution in [-0.4, -0.2) is 42.3 Å². The summed E-state index contributed by atoms with van der Waals surface area (Å²) in [6, 6.07) is -0.470. The van der Waals surface area contributed by atoms with E-state index in [1.165, 1.54) is 24.9 Å². The van der Waals surface area contributed by atoms with Crippen molar-refractivity contribution in [2.75, 3.05) is 13.6 Å². The molecule has 0 unspecified atom stereocenters. The van der Waals surface area contributed by atoms with Gasteiger partial charge in [-0.3, -0.25) is 14.4 Å². The number of amides is 3. The fourth-order valence-electron chi connectivity index (χ4n) is 2.03. The summed E-state index contributed by atoms with van der Waals surface area (Å²) in [7, 11) is 1.50. The molecule has 6 heteroatoms. The van der Waals surface area contributed by atoms with E-state index in [0.29, 0.717) is 13.0 Å². The van der Waals surface area contributed by atoms with Gasteiger partial charge in [-0.2, -0.15) is 0 Å². The van der Waals surface area contributed by atoms with Crippen molar-refractivity contribution in [2.24, 2.45) is 0 Å². The van der Waals surface area contributed by atoms with E-state index < -0.39 is 6.04 Å². The van der Waals surface area contributed by atoms with Gasteiger partial charge < -0.3 is 15.5 Å². The van der Waals surface area contributed by atoms with Crippen LogP contribution in [0.25, 0.3) is 0 Å². The summed E-state index contributed by atoms with van der Waals surface area (Å²) < 4.78 is 0. The maximum atomic E-state index is 12.0. The Morgan fingerprint density at radius 2 is 2.00 bits per heavy atom. The van der Waals surface area contributed by atoms with Gasteiger partial charge in [0.05, 0.1) is 0 Å². The lowest BCUT2D eigenvalue weighted by atomic mass is 10.2. The van der Waals surface area contributed by atoms with Gasteiger partial charge in [-0.15, -0.1) is 0 Å². The van der Waals surface area contributed by atoms with E-state index in [9.17, 15) is 14.4 Å². The smallest absolute Gasteiger partial charge is 0.267 e. The van der Waals surface area contributed by atoms with Crippen LogP contribution in [0.2, 0.25) is 0 Å². The molecule has 0 aromatic heterocycles. The van der Waals surface area contributed by atoms with Gasteiger partial charge in [-0.05, 0) is 19.8 Å². The van der Waals surface area contributed by atoms with Gasteiger partial charge in [0.25, 0.3) is 5.91 Å². The maximum Gasteiger partial charge on any atom is 0.267 e. The van der Waals surface area contributed by atoms with E-state index in [0.717, 1.165) is 6.42 Å². The average molecular weight is 253 g/mol. The predicted molar refractivity (Wildman–Crippen MR) is 66.4 cm³/mol. The Morgan fingerprint density at radius 3 is 2.50 bits per heavy atom. The van der Waals surface area contributed by atoms with Crippen molar-refractivity contribution >= 4 is 17.7 Å². The molecule has 0 aliphatic carbocycles. The molecule has 0 saturated carbocycles. The standard InChI is InChI=1S/C12H19N3O3/c1-4-9(11(17)13-3)14-12(18)10-6-5-7-15(10)8(2)16/h4,10H,5-7H2,1-3H3,(H,13,17)(H,14,18)/b9-4+/t10-/m0/s1. The molecule has 0 aromatic rings. The molecule has 0 aromatic carbocycles. The molecule has 1 aliphatic rings. The van der Waals surface area contributed by atoms with Crippen molar-refractivity contribution in [3.05, 3.63) is 11.8 Å². The quantitative estimate of drug-likeness (QED) is 0.682. The first-order valence-corrected chi connectivity index (χ1v) is 5.97. The molecule has 1 atom stereocenters. The number of hydrogen-bond acceptors (Lipinski definition) is 3. The summed E-state index contributed by atoms with van der Waals surface area (Å²) in [5.41, 5.74) is 0.206. The van der Waals surface area contributed by atoms with Gasteiger partial charge in [0, 0.05) is 20.5 Å². The van der Waals surface area contributed by atoms with Crippen LogP contribution in [0.3, 0.4) is 0 Å². The third-order valence-corrected chi connectivity index (χ3v) is 2.98. The molecule has 2 N–H and O–H groups in total. The molecule has 18 heavy (non-hydrogen) atoms. The summed E-state index contributed by atoms with van der Waals surface area (Å²) in [6.07, 6.45) is 2.97. The molecular weight excluding hydrogens is 234 g/mol. The van der Waals surface area contributed by atoms with E-state index in [-0.39, 0.29) is 23.4 Å². The average Bonchev–Trinajstić information content (AvgIpc) is 2.84. The summed E-state index contributed by atoms with van der Waals surface area (Å²) in [4.78, 5) is 36.4. The monoisotopic (exact) mass is 253 g/mol. The van der Waals surface area contributed by atoms with Crippen molar-refractivity contribution in [2.45, 2.75) is 32.7 Å². The predicted octanol–water partition coefficient (Wildman–Crippen LogP) is -0.237. The third kappa shape index (κ3) is 3.09. The number of likely N-dealkylation sites (N-methyl/N-ethyl adjacent to an activating group) is 1. The number of carbonyl (C=O) groups excluding carboxylic acids is 3. The minimum Gasteiger partial charge on any atom is -0.354 e. The zero-order chi connectivity index (χ0) is 13.7. The highest BCUT2D eigenvalue weighted by Gasteiger charge is 2.32. The van der Waals surface area contributed by atoms with Crippen molar-refractivity contribution in [1.29, 1.82) is 0 Å². The van der Waals surface area contributed by atoms with Crippen LogP contribution in [-0.2, 0) is 14.4 Å². The van der Waals surface area contributed by atoms with Crippen LogP contribution in [0.1, 0.15) is 26.7 Å². The number of rotatable bonds is 3. The van der Waals surface area contributed by atoms with Crippen LogP contribution < -0.4 is 10.6 Å². The van der Waals surface area contributed by atoms with E-state index in [1.807, 2.05) is 0 Å². The Balaban J connectivity index is 2.70. The molecule has 1 fully saturated rings. The van der Waals surface area contributed by atoms with Crippen molar-refractivity contribution in [3.63, 3.8) is 0 Å². The van der Waals surface area contributed by atoms with E-state index in [4.69, 9.17) is 0 Å². The second-order valence-corrected chi connectivity index (χ2v) is 4.14. The minimum atomic E-state index is -0.470. The fraction of sp³-hybridized carbons (Fsp3) is 0.583. The normalized spacial score (nSPS) is 19.6. The first-order valence-electron chi connectivity index (χ1n) is 5.97. The lowest BCUT2D eigenvalue weighted by molar-refractivity contribution is -0.136. The van der Waals surface area contributed by atoms with Gasteiger partial charge in [-0.1, -0.05) is 6.08 Å². The number of nitrogens with zero attached hydrogens (tertiary/aromatic N) is 1. The number of hydrogen-bond donors (Lipinski definition) is 2. The SMILES string of the molecule is C/C=C(/NC(=O)[C@@H]1CCCN1C(C)=O)C(=O)NC. The van der Waals surface area contributed by atoms with E-state index in [1.54, 1.807) is 6.92 Å². The molecule has 1 rings (SSSR count).